The molecule has 0 aliphatic carbocycles. The van der Waals surface area contributed by atoms with E-state index in [0.717, 1.165) is 30.2 Å². The summed E-state index contributed by atoms with van der Waals surface area (Å²) >= 11 is 0. The van der Waals surface area contributed by atoms with Crippen molar-refractivity contribution in [3.05, 3.63) is 59.5 Å². The van der Waals surface area contributed by atoms with E-state index in [9.17, 15) is 0 Å². The van der Waals surface area contributed by atoms with Crippen LogP contribution in [0.2, 0.25) is 0 Å². The van der Waals surface area contributed by atoms with Gasteiger partial charge in [0.15, 0.2) is 5.96 Å². The standard InChI is InChI=1S/C16H19N3O2.HI/c1-19(9-13-6-7-21-11-13)16-17-8-15(18-16)14-4-2-12(10-20)3-5-14;/h2-7,11,15,20H,8-10H2,1H3,(H,17,18);1H. The average Bonchev–Trinajstić information content (AvgIpc) is 3.18. The molecule has 0 saturated carbocycles. The normalized spacial score (nSPS) is 16.6. The van der Waals surface area contributed by atoms with Crippen molar-refractivity contribution in [2.75, 3.05) is 13.6 Å². The highest BCUT2D eigenvalue weighted by atomic mass is 127. The van der Waals surface area contributed by atoms with Gasteiger partial charge in [-0.15, -0.1) is 24.0 Å². The van der Waals surface area contributed by atoms with E-state index in [1.54, 1.807) is 12.5 Å². The van der Waals surface area contributed by atoms with Gasteiger partial charge in [0.05, 0.1) is 31.7 Å². The Morgan fingerprint density at radius 2 is 2.05 bits per heavy atom. The topological polar surface area (TPSA) is 61.0 Å². The maximum Gasteiger partial charge on any atom is 0.194 e. The highest BCUT2D eigenvalue weighted by Crippen LogP contribution is 2.19. The number of hydrogen-bond donors (Lipinski definition) is 2. The molecule has 22 heavy (non-hydrogen) atoms. The van der Waals surface area contributed by atoms with Crippen molar-refractivity contribution in [2.24, 2.45) is 4.99 Å². The number of hydrogen-bond acceptors (Lipinski definition) is 5. The van der Waals surface area contributed by atoms with Gasteiger partial charge < -0.3 is 19.7 Å². The van der Waals surface area contributed by atoms with Gasteiger partial charge in [-0.05, 0) is 17.2 Å². The lowest BCUT2D eigenvalue weighted by Crippen LogP contribution is -2.36. The molecule has 1 atom stereocenters. The van der Waals surface area contributed by atoms with Crippen LogP contribution in [-0.4, -0.2) is 29.6 Å². The van der Waals surface area contributed by atoms with Crippen molar-refractivity contribution in [2.45, 2.75) is 19.2 Å². The lowest BCUT2D eigenvalue weighted by molar-refractivity contribution is 0.282. The monoisotopic (exact) mass is 413 g/mol. The predicted molar refractivity (Wildman–Crippen MR) is 96.1 cm³/mol. The Kier molecular flexibility index (Phi) is 5.84. The second-order valence-corrected chi connectivity index (χ2v) is 5.25. The molecule has 0 radical (unpaired) electrons. The van der Waals surface area contributed by atoms with Crippen LogP contribution in [-0.2, 0) is 13.2 Å². The summed E-state index contributed by atoms with van der Waals surface area (Å²) < 4.78 is 5.08. The zero-order valence-corrected chi connectivity index (χ0v) is 14.7. The van der Waals surface area contributed by atoms with Crippen LogP contribution in [0, 0.1) is 0 Å². The van der Waals surface area contributed by atoms with Crippen molar-refractivity contribution < 1.29 is 9.52 Å². The van der Waals surface area contributed by atoms with E-state index in [4.69, 9.17) is 9.52 Å². The Balaban J connectivity index is 0.00000176. The first-order chi connectivity index (χ1) is 10.3. The van der Waals surface area contributed by atoms with Gasteiger partial charge in [0, 0.05) is 19.2 Å². The highest BCUT2D eigenvalue weighted by Gasteiger charge is 2.21. The van der Waals surface area contributed by atoms with E-state index in [-0.39, 0.29) is 36.6 Å². The van der Waals surface area contributed by atoms with Gasteiger partial charge in [0.25, 0.3) is 0 Å². The molecule has 0 bridgehead atoms. The molecule has 1 unspecified atom stereocenters. The van der Waals surface area contributed by atoms with Gasteiger partial charge in [-0.2, -0.15) is 0 Å². The van der Waals surface area contributed by atoms with Gasteiger partial charge in [0.2, 0.25) is 0 Å². The minimum atomic E-state index is 0. The minimum Gasteiger partial charge on any atom is -0.472 e. The zero-order valence-electron chi connectivity index (χ0n) is 12.4. The molecule has 0 fully saturated rings. The molecule has 2 aromatic rings. The molecular weight excluding hydrogens is 393 g/mol. The van der Waals surface area contributed by atoms with E-state index in [1.807, 2.05) is 37.4 Å². The second-order valence-electron chi connectivity index (χ2n) is 5.25. The number of nitrogens with one attached hydrogen (secondary N) is 1. The molecular formula is C16H20IN3O2. The molecule has 0 spiro atoms. The SMILES string of the molecule is CN(Cc1ccoc1)C1=NCC(c2ccc(CO)cc2)N1.I. The van der Waals surface area contributed by atoms with Crippen LogP contribution in [0.4, 0.5) is 0 Å². The first-order valence-corrected chi connectivity index (χ1v) is 6.99. The number of aliphatic hydroxyl groups excluding tert-OH is 1. The third kappa shape index (κ3) is 3.80. The number of rotatable bonds is 4. The largest absolute Gasteiger partial charge is 0.472 e. The smallest absolute Gasteiger partial charge is 0.194 e. The summed E-state index contributed by atoms with van der Waals surface area (Å²) in [6, 6.07) is 10.1. The van der Waals surface area contributed by atoms with Crippen LogP contribution in [0.15, 0.2) is 52.3 Å². The molecule has 1 aromatic carbocycles. The van der Waals surface area contributed by atoms with Crippen LogP contribution in [0.25, 0.3) is 0 Å². The predicted octanol–water partition coefficient (Wildman–Crippen LogP) is 2.52. The molecule has 1 aliphatic heterocycles. The fourth-order valence-corrected chi connectivity index (χ4v) is 2.43. The van der Waals surface area contributed by atoms with Crippen LogP contribution in [0.5, 0.6) is 0 Å². The van der Waals surface area contributed by atoms with Crippen LogP contribution in [0.3, 0.4) is 0 Å². The highest BCUT2D eigenvalue weighted by molar-refractivity contribution is 14.0. The molecule has 5 nitrogen and oxygen atoms in total. The molecule has 1 aromatic heterocycles. The number of aliphatic imine (C=N–C) groups is 1. The zero-order chi connectivity index (χ0) is 14.7. The lowest BCUT2D eigenvalue weighted by atomic mass is 10.1. The quantitative estimate of drug-likeness (QED) is 0.757. The fraction of sp³-hybridized carbons (Fsp3) is 0.312. The maximum atomic E-state index is 9.08. The Bertz CT molecular complexity index is 611. The van der Waals surface area contributed by atoms with Crippen molar-refractivity contribution in [1.29, 1.82) is 0 Å². The van der Waals surface area contributed by atoms with Gasteiger partial charge in [-0.25, -0.2) is 0 Å². The summed E-state index contributed by atoms with van der Waals surface area (Å²) in [6.45, 7) is 1.57. The van der Waals surface area contributed by atoms with Gasteiger partial charge in [0.1, 0.15) is 0 Å². The lowest BCUT2D eigenvalue weighted by Gasteiger charge is -2.20. The van der Waals surface area contributed by atoms with Crippen LogP contribution in [0.1, 0.15) is 22.7 Å². The van der Waals surface area contributed by atoms with Gasteiger partial charge in [-0.3, -0.25) is 4.99 Å². The van der Waals surface area contributed by atoms with E-state index < -0.39 is 0 Å². The van der Waals surface area contributed by atoms with Crippen molar-refractivity contribution in [3.63, 3.8) is 0 Å². The van der Waals surface area contributed by atoms with E-state index in [1.165, 1.54) is 5.56 Å². The molecule has 2 N–H and O–H groups in total. The Morgan fingerprint density at radius 1 is 1.27 bits per heavy atom. The number of benzene rings is 1. The second kappa shape index (κ2) is 7.64. The number of furan rings is 1. The molecule has 3 rings (SSSR count). The molecule has 1 aliphatic rings. The van der Waals surface area contributed by atoms with E-state index in [2.05, 4.69) is 15.2 Å². The number of halogens is 1. The molecule has 2 heterocycles. The molecule has 0 saturated heterocycles. The first kappa shape index (κ1) is 16.8. The van der Waals surface area contributed by atoms with Gasteiger partial charge in [-0.1, -0.05) is 24.3 Å². The number of aliphatic hydroxyl groups is 1. The van der Waals surface area contributed by atoms with Gasteiger partial charge >= 0.3 is 0 Å². The number of guanidine groups is 1. The van der Waals surface area contributed by atoms with Crippen LogP contribution >= 0.6 is 24.0 Å². The fourth-order valence-electron chi connectivity index (χ4n) is 2.43. The summed E-state index contributed by atoms with van der Waals surface area (Å²) in [5.41, 5.74) is 3.23. The Labute approximate surface area is 147 Å². The van der Waals surface area contributed by atoms with E-state index >= 15 is 0 Å². The minimum absolute atomic E-state index is 0. The van der Waals surface area contributed by atoms with Crippen molar-refractivity contribution >= 4 is 29.9 Å². The summed E-state index contributed by atoms with van der Waals surface area (Å²) in [4.78, 5) is 6.64. The van der Waals surface area contributed by atoms with E-state index in [0.29, 0.717) is 0 Å². The average molecular weight is 413 g/mol. The molecule has 0 amide bonds. The number of nitrogens with zero attached hydrogens (tertiary/aromatic N) is 2. The third-order valence-corrected chi connectivity index (χ3v) is 3.65. The maximum absolute atomic E-state index is 9.08. The molecule has 6 heteroatoms. The van der Waals surface area contributed by atoms with Crippen LogP contribution < -0.4 is 5.32 Å². The molecule has 118 valence electrons. The third-order valence-electron chi connectivity index (χ3n) is 3.65. The first-order valence-electron chi connectivity index (χ1n) is 6.99. The van der Waals surface area contributed by atoms with Crippen molar-refractivity contribution in [3.8, 4) is 0 Å². The summed E-state index contributed by atoms with van der Waals surface area (Å²) in [5, 5.41) is 12.5. The summed E-state index contributed by atoms with van der Waals surface area (Å²) in [5.74, 6) is 0.896. The Morgan fingerprint density at radius 3 is 2.68 bits per heavy atom. The summed E-state index contributed by atoms with van der Waals surface area (Å²) in [7, 11) is 2.01. The Hall–Kier alpha value is -1.54. The van der Waals surface area contributed by atoms with Crippen molar-refractivity contribution in [1.82, 2.24) is 10.2 Å². The summed E-state index contributed by atoms with van der Waals surface area (Å²) in [6.07, 6.45) is 3.43.